The fourth-order valence-electron chi connectivity index (χ4n) is 3.53. The number of nitrogens with zero attached hydrogens (tertiary/aromatic N) is 2. The van der Waals surface area contributed by atoms with Crippen molar-refractivity contribution >= 4 is 39.8 Å². The molecule has 0 atom stereocenters. The lowest BCUT2D eigenvalue weighted by atomic mass is 10.0. The summed E-state index contributed by atoms with van der Waals surface area (Å²) in [4.78, 5) is 25.6. The maximum Gasteiger partial charge on any atom is 0.341 e. The van der Waals surface area contributed by atoms with E-state index in [2.05, 4.69) is 0 Å². The van der Waals surface area contributed by atoms with Gasteiger partial charge >= 0.3 is 5.97 Å². The molecule has 1 aliphatic rings. The first kappa shape index (κ1) is 20.9. The SMILES string of the molecule is Nc1c(F)cc(F)c(-n2cc(C(=O)O)c(=O)c3cc(F)c(N4CC(N)C4)c(Cl)c32)c1F. The fraction of sp³-hybridized carbons (Fsp3) is 0.158. The van der Waals surface area contributed by atoms with Crippen molar-refractivity contribution in [2.75, 3.05) is 23.7 Å². The molecule has 3 aromatic rings. The summed E-state index contributed by atoms with van der Waals surface area (Å²) in [5.41, 5.74) is 6.43. The minimum atomic E-state index is -1.73. The van der Waals surface area contributed by atoms with Crippen LogP contribution >= 0.6 is 11.6 Å². The van der Waals surface area contributed by atoms with Crippen LogP contribution in [0.1, 0.15) is 10.4 Å². The number of aromatic carboxylic acids is 1. The number of carboxylic acids is 1. The predicted molar refractivity (Wildman–Crippen MR) is 106 cm³/mol. The lowest BCUT2D eigenvalue weighted by Gasteiger charge is -2.39. The standard InChI is InChI=1S/C19H13ClF4N4O3/c20-12-15-7(1-10(22)16(12)27-3-6(25)4-27)18(29)8(19(30)31)5-28(15)17-11(23)2-9(21)14(26)13(17)24/h1-2,5-6H,3-4,25-26H2,(H,30,31). The van der Waals surface area contributed by atoms with Crippen molar-refractivity contribution in [2.45, 2.75) is 6.04 Å². The summed E-state index contributed by atoms with van der Waals surface area (Å²) >= 11 is 6.36. The summed E-state index contributed by atoms with van der Waals surface area (Å²) in [5, 5.41) is 8.41. The number of benzene rings is 2. The van der Waals surface area contributed by atoms with Crippen LogP contribution in [-0.4, -0.2) is 34.8 Å². The Balaban J connectivity index is 2.18. The first-order valence-electron chi connectivity index (χ1n) is 8.77. The van der Waals surface area contributed by atoms with Crippen molar-refractivity contribution in [3.63, 3.8) is 0 Å². The largest absolute Gasteiger partial charge is 0.477 e. The summed E-state index contributed by atoms with van der Waals surface area (Å²) < 4.78 is 58.5. The van der Waals surface area contributed by atoms with Gasteiger partial charge in [-0.1, -0.05) is 11.6 Å². The molecule has 2 aromatic carbocycles. The molecular formula is C19H13ClF4N4O3. The highest BCUT2D eigenvalue weighted by Gasteiger charge is 2.31. The molecule has 7 nitrogen and oxygen atoms in total. The Morgan fingerprint density at radius 2 is 1.71 bits per heavy atom. The van der Waals surface area contributed by atoms with E-state index in [-0.39, 0.29) is 30.3 Å². The Hall–Kier alpha value is -3.31. The van der Waals surface area contributed by atoms with Crippen LogP contribution < -0.4 is 21.8 Å². The van der Waals surface area contributed by atoms with Crippen LogP contribution in [0.3, 0.4) is 0 Å². The number of rotatable bonds is 3. The second kappa shape index (κ2) is 7.13. The van der Waals surface area contributed by atoms with Gasteiger partial charge in [0.05, 0.1) is 21.6 Å². The van der Waals surface area contributed by atoms with Crippen LogP contribution in [-0.2, 0) is 0 Å². The Kier molecular flexibility index (Phi) is 4.82. The van der Waals surface area contributed by atoms with E-state index in [9.17, 15) is 32.3 Å². The number of fused-ring (bicyclic) bond motifs is 1. The highest BCUT2D eigenvalue weighted by atomic mass is 35.5. The first-order chi connectivity index (χ1) is 14.5. The molecular weight excluding hydrogens is 444 g/mol. The lowest BCUT2D eigenvalue weighted by molar-refractivity contribution is 0.0695. The summed E-state index contributed by atoms with van der Waals surface area (Å²) in [6, 6.07) is 0.772. The number of carbonyl (C=O) groups is 1. The predicted octanol–water partition coefficient (Wildman–Crippen LogP) is 2.63. The van der Waals surface area contributed by atoms with E-state index in [1.165, 1.54) is 4.90 Å². The Labute approximate surface area is 176 Å². The molecule has 162 valence electrons. The summed E-state index contributed by atoms with van der Waals surface area (Å²) in [6.07, 6.45) is 0.626. The van der Waals surface area contributed by atoms with Crippen molar-refractivity contribution in [3.05, 3.63) is 62.4 Å². The Bertz CT molecular complexity index is 1340. The number of hydrogen-bond donors (Lipinski definition) is 3. The Morgan fingerprint density at radius 1 is 1.10 bits per heavy atom. The average molecular weight is 457 g/mol. The molecule has 12 heteroatoms. The number of nitrogen functional groups attached to an aromatic ring is 1. The number of hydrogen-bond acceptors (Lipinski definition) is 5. The minimum Gasteiger partial charge on any atom is -0.477 e. The van der Waals surface area contributed by atoms with Gasteiger partial charge in [0.2, 0.25) is 5.43 Å². The molecule has 1 fully saturated rings. The van der Waals surface area contributed by atoms with Crippen LogP contribution in [0.5, 0.6) is 0 Å². The topological polar surface area (TPSA) is 115 Å². The van der Waals surface area contributed by atoms with Gasteiger partial charge in [-0.2, -0.15) is 0 Å². The number of halogens is 5. The molecule has 5 N–H and O–H groups in total. The average Bonchev–Trinajstić information content (AvgIpc) is 2.66. The van der Waals surface area contributed by atoms with Gasteiger partial charge in [0.1, 0.15) is 22.8 Å². The van der Waals surface area contributed by atoms with Crippen LogP contribution in [0.4, 0.5) is 28.9 Å². The molecule has 1 aromatic heterocycles. The highest BCUT2D eigenvalue weighted by molar-refractivity contribution is 6.38. The van der Waals surface area contributed by atoms with E-state index in [4.69, 9.17) is 23.1 Å². The van der Waals surface area contributed by atoms with Gasteiger partial charge in [-0.3, -0.25) is 4.79 Å². The molecule has 0 bridgehead atoms. The molecule has 4 rings (SSSR count). The van der Waals surface area contributed by atoms with E-state index in [1.54, 1.807) is 0 Å². The minimum absolute atomic E-state index is 0.178. The molecule has 0 unspecified atom stereocenters. The van der Waals surface area contributed by atoms with E-state index >= 15 is 0 Å². The smallest absolute Gasteiger partial charge is 0.341 e. The van der Waals surface area contributed by atoms with E-state index in [0.717, 1.165) is 6.07 Å². The van der Waals surface area contributed by atoms with Crippen molar-refractivity contribution in [2.24, 2.45) is 5.73 Å². The third kappa shape index (κ3) is 3.08. The van der Waals surface area contributed by atoms with E-state index in [1.807, 2.05) is 0 Å². The van der Waals surface area contributed by atoms with Gasteiger partial charge in [0.15, 0.2) is 17.5 Å². The zero-order chi connectivity index (χ0) is 22.8. The van der Waals surface area contributed by atoms with Crippen molar-refractivity contribution < 1.29 is 27.5 Å². The second-order valence-electron chi connectivity index (χ2n) is 7.05. The third-order valence-corrected chi connectivity index (χ3v) is 5.39. The zero-order valence-corrected chi connectivity index (χ0v) is 16.2. The normalized spacial score (nSPS) is 14.2. The molecule has 0 saturated carbocycles. The van der Waals surface area contributed by atoms with Crippen molar-refractivity contribution in [1.29, 1.82) is 0 Å². The van der Waals surface area contributed by atoms with Crippen molar-refractivity contribution in [1.82, 2.24) is 4.57 Å². The van der Waals surface area contributed by atoms with Crippen LogP contribution in [0, 0.1) is 23.3 Å². The van der Waals surface area contributed by atoms with E-state index in [0.29, 0.717) is 16.8 Å². The molecule has 1 saturated heterocycles. The number of aromatic nitrogens is 1. The zero-order valence-electron chi connectivity index (χ0n) is 15.4. The highest BCUT2D eigenvalue weighted by Crippen LogP contribution is 2.39. The molecule has 0 radical (unpaired) electrons. The summed E-state index contributed by atoms with van der Waals surface area (Å²) in [6.45, 7) is 0.456. The van der Waals surface area contributed by atoms with Crippen LogP contribution in [0.15, 0.2) is 23.1 Å². The van der Waals surface area contributed by atoms with Crippen molar-refractivity contribution in [3.8, 4) is 5.69 Å². The molecule has 31 heavy (non-hydrogen) atoms. The number of nitrogens with two attached hydrogens (primary N) is 2. The van der Waals surface area contributed by atoms with Gasteiger partial charge < -0.3 is 26.0 Å². The quantitative estimate of drug-likeness (QED) is 0.412. The molecule has 2 heterocycles. The molecule has 0 spiro atoms. The number of carboxylic acid groups (broad SMARTS) is 1. The van der Waals surface area contributed by atoms with Crippen LogP contribution in [0.2, 0.25) is 5.02 Å². The summed E-state index contributed by atoms with van der Waals surface area (Å²) in [7, 11) is 0. The van der Waals surface area contributed by atoms with E-state index < -0.39 is 62.0 Å². The molecule has 1 aliphatic heterocycles. The van der Waals surface area contributed by atoms with Gasteiger partial charge in [-0.25, -0.2) is 22.4 Å². The monoisotopic (exact) mass is 456 g/mol. The van der Waals surface area contributed by atoms with Gasteiger partial charge in [0, 0.05) is 31.4 Å². The van der Waals surface area contributed by atoms with Crippen LogP contribution in [0.25, 0.3) is 16.6 Å². The molecule has 0 aliphatic carbocycles. The van der Waals surface area contributed by atoms with Gasteiger partial charge in [-0.05, 0) is 6.07 Å². The second-order valence-corrected chi connectivity index (χ2v) is 7.42. The first-order valence-corrected chi connectivity index (χ1v) is 9.15. The Morgan fingerprint density at radius 3 is 2.29 bits per heavy atom. The maximum atomic E-state index is 14.8. The maximum absolute atomic E-state index is 14.8. The van der Waals surface area contributed by atoms with Gasteiger partial charge in [-0.15, -0.1) is 0 Å². The lowest BCUT2D eigenvalue weighted by Crippen LogP contribution is -2.56. The number of pyridine rings is 1. The fourth-order valence-corrected chi connectivity index (χ4v) is 3.94. The van der Waals surface area contributed by atoms with Gasteiger partial charge in [0.25, 0.3) is 0 Å². The third-order valence-electron chi connectivity index (χ3n) is 5.04. The molecule has 0 amide bonds. The number of anilines is 2. The summed E-state index contributed by atoms with van der Waals surface area (Å²) in [5.74, 6) is -7.05.